The van der Waals surface area contributed by atoms with Gasteiger partial charge in [-0.1, -0.05) is 42.8 Å². The molecule has 2 amide bonds. The summed E-state index contributed by atoms with van der Waals surface area (Å²) in [6.07, 6.45) is 0.500. The average molecular weight is 445 g/mol. The number of nitrogens with one attached hydrogen (secondary N) is 1. The van der Waals surface area contributed by atoms with E-state index in [1.54, 1.807) is 23.1 Å². The Morgan fingerprint density at radius 3 is 2.35 bits per heavy atom. The highest BCUT2D eigenvalue weighted by atomic mass is 35.5. The summed E-state index contributed by atoms with van der Waals surface area (Å²) in [6, 6.07) is 12.6. The Morgan fingerprint density at radius 1 is 1.10 bits per heavy atom. The number of rotatable bonds is 8. The molecule has 2 aromatic carbocycles. The maximum Gasteiger partial charge on any atom is 0.261 e. The van der Waals surface area contributed by atoms with Gasteiger partial charge in [-0.25, -0.2) is 0 Å². The van der Waals surface area contributed by atoms with Gasteiger partial charge in [0.25, 0.3) is 5.91 Å². The molecule has 0 aromatic heterocycles. The molecule has 2 rings (SSSR count). The summed E-state index contributed by atoms with van der Waals surface area (Å²) in [5.74, 6) is 0.157. The zero-order chi connectivity index (χ0) is 23.2. The van der Waals surface area contributed by atoms with Gasteiger partial charge in [0.15, 0.2) is 6.61 Å². The van der Waals surface area contributed by atoms with Crippen molar-refractivity contribution < 1.29 is 14.3 Å². The summed E-state index contributed by atoms with van der Waals surface area (Å²) in [5.41, 5.74) is 2.55. The second-order valence-electron chi connectivity index (χ2n) is 8.81. The first-order valence-electron chi connectivity index (χ1n) is 10.6. The number of hydrogen-bond acceptors (Lipinski definition) is 3. The Hall–Kier alpha value is -2.53. The number of amides is 2. The predicted molar refractivity (Wildman–Crippen MR) is 125 cm³/mol. The van der Waals surface area contributed by atoms with E-state index in [4.69, 9.17) is 16.3 Å². The lowest BCUT2D eigenvalue weighted by Crippen LogP contribution is -2.54. The lowest BCUT2D eigenvalue weighted by atomic mass is 10.0. The number of carbonyl (C=O) groups is 2. The first kappa shape index (κ1) is 24.7. The summed E-state index contributed by atoms with van der Waals surface area (Å²) in [6.45, 7) is 11.8. The highest BCUT2D eigenvalue weighted by Crippen LogP contribution is 2.22. The van der Waals surface area contributed by atoms with Gasteiger partial charge in [-0.3, -0.25) is 9.59 Å². The van der Waals surface area contributed by atoms with Gasteiger partial charge < -0.3 is 15.0 Å². The molecule has 0 unspecified atom stereocenters. The number of ether oxygens (including phenoxy) is 1. The average Bonchev–Trinajstić information content (AvgIpc) is 2.68. The number of halogens is 1. The number of aryl methyl sites for hydroxylation is 2. The summed E-state index contributed by atoms with van der Waals surface area (Å²) >= 11 is 6.07. The van der Waals surface area contributed by atoms with Crippen molar-refractivity contribution in [3.63, 3.8) is 0 Å². The molecule has 1 N–H and O–H groups in total. The summed E-state index contributed by atoms with van der Waals surface area (Å²) < 4.78 is 5.75. The van der Waals surface area contributed by atoms with Gasteiger partial charge in [0.1, 0.15) is 11.8 Å². The van der Waals surface area contributed by atoms with Crippen molar-refractivity contribution in [1.29, 1.82) is 0 Å². The Balaban J connectivity index is 2.26. The molecule has 0 bridgehead atoms. The third kappa shape index (κ3) is 7.28. The monoisotopic (exact) mass is 444 g/mol. The van der Waals surface area contributed by atoms with Gasteiger partial charge in [-0.15, -0.1) is 0 Å². The van der Waals surface area contributed by atoms with E-state index in [0.717, 1.165) is 16.7 Å². The van der Waals surface area contributed by atoms with Gasteiger partial charge >= 0.3 is 0 Å². The predicted octanol–water partition coefficient (Wildman–Crippen LogP) is 5.06. The van der Waals surface area contributed by atoms with Crippen LogP contribution in [0.1, 0.15) is 50.8 Å². The van der Waals surface area contributed by atoms with Crippen LogP contribution in [0, 0.1) is 13.8 Å². The topological polar surface area (TPSA) is 58.6 Å². The van der Waals surface area contributed by atoms with Crippen LogP contribution in [-0.2, 0) is 16.1 Å². The molecule has 2 aromatic rings. The molecule has 0 aliphatic rings. The molecule has 31 heavy (non-hydrogen) atoms. The third-order valence-electron chi connectivity index (χ3n) is 4.98. The molecule has 0 saturated carbocycles. The second kappa shape index (κ2) is 10.7. The van der Waals surface area contributed by atoms with Crippen molar-refractivity contribution in [2.75, 3.05) is 6.61 Å². The van der Waals surface area contributed by atoms with Crippen LogP contribution < -0.4 is 10.1 Å². The number of nitrogens with zero attached hydrogens (tertiary/aromatic N) is 1. The van der Waals surface area contributed by atoms with Crippen molar-refractivity contribution in [3.05, 3.63) is 64.2 Å². The summed E-state index contributed by atoms with van der Waals surface area (Å²) in [5, 5.41) is 3.65. The molecule has 0 fully saturated rings. The lowest BCUT2D eigenvalue weighted by Gasteiger charge is -2.33. The van der Waals surface area contributed by atoms with Crippen molar-refractivity contribution in [3.8, 4) is 5.75 Å². The smallest absolute Gasteiger partial charge is 0.261 e. The van der Waals surface area contributed by atoms with E-state index in [2.05, 4.69) is 5.32 Å². The fourth-order valence-electron chi connectivity index (χ4n) is 3.28. The minimum atomic E-state index is -0.595. The first-order chi connectivity index (χ1) is 14.5. The molecule has 0 aliphatic carbocycles. The zero-order valence-electron chi connectivity index (χ0n) is 19.3. The minimum absolute atomic E-state index is 0.160. The van der Waals surface area contributed by atoms with E-state index in [1.807, 2.05) is 65.8 Å². The van der Waals surface area contributed by atoms with Gasteiger partial charge in [0.05, 0.1) is 0 Å². The van der Waals surface area contributed by atoms with Crippen molar-refractivity contribution >= 4 is 23.4 Å². The van der Waals surface area contributed by atoms with Crippen LogP contribution in [0.4, 0.5) is 0 Å². The van der Waals surface area contributed by atoms with Crippen LogP contribution in [0.2, 0.25) is 5.02 Å². The highest BCUT2D eigenvalue weighted by molar-refractivity contribution is 6.31. The Kier molecular flexibility index (Phi) is 8.52. The Morgan fingerprint density at radius 2 is 1.77 bits per heavy atom. The second-order valence-corrected chi connectivity index (χ2v) is 9.22. The molecule has 0 spiro atoms. The molecule has 0 aliphatic heterocycles. The van der Waals surface area contributed by atoms with E-state index in [1.165, 1.54) is 0 Å². The summed E-state index contributed by atoms with van der Waals surface area (Å²) in [7, 11) is 0. The van der Waals surface area contributed by atoms with E-state index in [0.29, 0.717) is 23.7 Å². The molecule has 5 nitrogen and oxygen atoms in total. The summed E-state index contributed by atoms with van der Waals surface area (Å²) in [4.78, 5) is 27.9. The molecule has 0 radical (unpaired) electrons. The van der Waals surface area contributed by atoms with Crippen LogP contribution in [0.5, 0.6) is 5.75 Å². The highest BCUT2D eigenvalue weighted by Gasteiger charge is 2.31. The van der Waals surface area contributed by atoms with E-state index in [-0.39, 0.29) is 24.0 Å². The fraction of sp³-hybridized carbons (Fsp3) is 0.440. The van der Waals surface area contributed by atoms with Crippen LogP contribution in [0.15, 0.2) is 42.5 Å². The van der Waals surface area contributed by atoms with E-state index < -0.39 is 6.04 Å². The first-order valence-corrected chi connectivity index (χ1v) is 10.9. The molecular weight excluding hydrogens is 412 g/mol. The van der Waals surface area contributed by atoms with Gasteiger partial charge in [-0.05, 0) is 75.9 Å². The van der Waals surface area contributed by atoms with Gasteiger partial charge in [-0.2, -0.15) is 0 Å². The molecular formula is C25H33ClN2O3. The van der Waals surface area contributed by atoms with Crippen molar-refractivity contribution in [2.24, 2.45) is 0 Å². The van der Waals surface area contributed by atoms with E-state index in [9.17, 15) is 9.59 Å². The Bertz CT molecular complexity index is 921. The molecule has 1 atom stereocenters. The molecule has 6 heteroatoms. The van der Waals surface area contributed by atoms with Crippen molar-refractivity contribution in [1.82, 2.24) is 10.2 Å². The Labute approximate surface area is 190 Å². The minimum Gasteiger partial charge on any atom is -0.484 e. The van der Waals surface area contributed by atoms with Crippen LogP contribution in [0.3, 0.4) is 0 Å². The quantitative estimate of drug-likeness (QED) is 0.619. The largest absolute Gasteiger partial charge is 0.484 e. The maximum absolute atomic E-state index is 13.2. The van der Waals surface area contributed by atoms with E-state index >= 15 is 0 Å². The van der Waals surface area contributed by atoms with Crippen LogP contribution >= 0.6 is 11.6 Å². The van der Waals surface area contributed by atoms with Gasteiger partial charge in [0, 0.05) is 17.1 Å². The van der Waals surface area contributed by atoms with Crippen LogP contribution in [-0.4, -0.2) is 34.9 Å². The molecule has 0 heterocycles. The SMILES string of the molecule is CC[C@@H](C(=O)NC(C)(C)C)N(Cc1ccccc1C)C(=O)COc1ccc(Cl)c(C)c1. The van der Waals surface area contributed by atoms with Gasteiger partial charge in [0.2, 0.25) is 5.91 Å². The van der Waals surface area contributed by atoms with Crippen molar-refractivity contribution in [2.45, 2.75) is 66.1 Å². The van der Waals surface area contributed by atoms with Crippen LogP contribution in [0.25, 0.3) is 0 Å². The third-order valence-corrected chi connectivity index (χ3v) is 5.40. The number of carbonyl (C=O) groups excluding carboxylic acids is 2. The number of benzene rings is 2. The number of hydrogen-bond donors (Lipinski definition) is 1. The fourth-order valence-corrected chi connectivity index (χ4v) is 3.40. The zero-order valence-corrected chi connectivity index (χ0v) is 20.0. The lowest BCUT2D eigenvalue weighted by molar-refractivity contribution is -0.143. The normalized spacial score (nSPS) is 12.2. The molecule has 168 valence electrons. The maximum atomic E-state index is 13.2. The standard InChI is InChI=1S/C25H33ClN2O3/c1-7-22(24(30)27-25(4,5)6)28(15-19-11-9-8-10-17(19)2)23(29)16-31-20-12-13-21(26)18(3)14-20/h8-14,22H,7,15-16H2,1-6H3,(H,27,30)/t22-/m0/s1. The molecule has 0 saturated heterocycles.